The van der Waals surface area contributed by atoms with E-state index < -0.39 is 0 Å². The fourth-order valence-electron chi connectivity index (χ4n) is 1.59. The predicted octanol–water partition coefficient (Wildman–Crippen LogP) is 2.27. The zero-order valence-corrected chi connectivity index (χ0v) is 11.9. The molecule has 4 nitrogen and oxygen atoms in total. The molecule has 0 N–H and O–H groups in total. The van der Waals surface area contributed by atoms with E-state index in [-0.39, 0.29) is 5.12 Å². The Morgan fingerprint density at radius 1 is 1.61 bits per heavy atom. The molecule has 98 valence electrons. The summed E-state index contributed by atoms with van der Waals surface area (Å²) in [7, 11) is 0. The molecule has 1 aliphatic heterocycles. The summed E-state index contributed by atoms with van der Waals surface area (Å²) in [6, 6.07) is 0. The fourth-order valence-corrected chi connectivity index (χ4v) is 2.86. The molecule has 0 aromatic carbocycles. The molecule has 0 atom stereocenters. The van der Waals surface area contributed by atoms with Crippen molar-refractivity contribution in [1.82, 2.24) is 4.98 Å². The molecule has 0 amide bonds. The van der Waals surface area contributed by atoms with Crippen LogP contribution in [0.5, 0.6) is 0 Å². The van der Waals surface area contributed by atoms with Crippen LogP contribution in [-0.2, 0) is 9.53 Å². The quantitative estimate of drug-likeness (QED) is 0.848. The zero-order chi connectivity index (χ0) is 12.8. The zero-order valence-electron chi connectivity index (χ0n) is 10.3. The molecule has 1 fully saturated rings. The van der Waals surface area contributed by atoms with Crippen LogP contribution >= 0.6 is 23.1 Å². The van der Waals surface area contributed by atoms with Gasteiger partial charge in [0, 0.05) is 31.1 Å². The second-order valence-corrected chi connectivity index (χ2v) is 5.89. The Hall–Kier alpha value is -0.850. The van der Waals surface area contributed by atoms with E-state index in [0.717, 1.165) is 37.1 Å². The first-order valence-corrected chi connectivity index (χ1v) is 7.70. The number of hydrogen-bond donors (Lipinski definition) is 0. The molecule has 18 heavy (non-hydrogen) atoms. The van der Waals surface area contributed by atoms with E-state index in [1.807, 2.05) is 17.5 Å². The summed E-state index contributed by atoms with van der Waals surface area (Å²) in [5.74, 6) is 0.708. The smallest absolute Gasteiger partial charge is 0.186 e. The summed E-state index contributed by atoms with van der Waals surface area (Å²) in [6.45, 7) is 4.96. The van der Waals surface area contributed by atoms with Crippen LogP contribution in [0.2, 0.25) is 0 Å². The van der Waals surface area contributed by atoms with Gasteiger partial charge in [-0.3, -0.25) is 4.79 Å². The van der Waals surface area contributed by atoms with Gasteiger partial charge in [0.05, 0.1) is 18.9 Å². The molecule has 0 saturated carbocycles. The highest BCUT2D eigenvalue weighted by Crippen LogP contribution is 2.22. The third-order valence-electron chi connectivity index (χ3n) is 2.46. The highest BCUT2D eigenvalue weighted by molar-refractivity contribution is 8.13. The first-order chi connectivity index (χ1) is 8.75. The van der Waals surface area contributed by atoms with Gasteiger partial charge in [-0.15, -0.1) is 11.3 Å². The molecule has 0 spiro atoms. The van der Waals surface area contributed by atoms with E-state index in [0.29, 0.717) is 5.75 Å². The molecule has 2 heterocycles. The lowest BCUT2D eigenvalue weighted by Gasteiger charge is -2.25. The molecule has 0 bridgehead atoms. The van der Waals surface area contributed by atoms with Gasteiger partial charge < -0.3 is 9.64 Å². The molecule has 1 aromatic heterocycles. The maximum atomic E-state index is 10.8. The van der Waals surface area contributed by atoms with E-state index in [9.17, 15) is 4.79 Å². The van der Waals surface area contributed by atoms with E-state index >= 15 is 0 Å². The first kappa shape index (κ1) is 13.6. The van der Waals surface area contributed by atoms with Crippen LogP contribution in [-0.4, -0.2) is 42.2 Å². The molecule has 0 aliphatic carbocycles. The van der Waals surface area contributed by atoms with Crippen LogP contribution in [0.3, 0.4) is 0 Å². The summed E-state index contributed by atoms with van der Waals surface area (Å²) in [5.41, 5.74) is 0.964. The van der Waals surface area contributed by atoms with Crippen LogP contribution in [0, 0.1) is 0 Å². The molecular weight excluding hydrogens is 268 g/mol. The van der Waals surface area contributed by atoms with Crippen LogP contribution < -0.4 is 4.90 Å². The normalized spacial score (nSPS) is 16.4. The number of morpholine rings is 1. The van der Waals surface area contributed by atoms with E-state index in [1.165, 1.54) is 11.8 Å². The van der Waals surface area contributed by atoms with Crippen molar-refractivity contribution in [2.24, 2.45) is 0 Å². The van der Waals surface area contributed by atoms with Gasteiger partial charge in [-0.2, -0.15) is 0 Å². The summed E-state index contributed by atoms with van der Waals surface area (Å²) >= 11 is 2.96. The van der Waals surface area contributed by atoms with Gasteiger partial charge in [-0.25, -0.2) is 4.98 Å². The first-order valence-electron chi connectivity index (χ1n) is 5.84. The molecule has 1 aromatic rings. The Balaban J connectivity index is 1.87. The third-order valence-corrected chi connectivity index (χ3v) is 4.15. The molecule has 0 radical (unpaired) electrons. The van der Waals surface area contributed by atoms with Crippen LogP contribution in [0.1, 0.15) is 12.6 Å². The Kier molecular flexibility index (Phi) is 5.22. The van der Waals surface area contributed by atoms with Crippen molar-refractivity contribution < 1.29 is 9.53 Å². The van der Waals surface area contributed by atoms with Gasteiger partial charge >= 0.3 is 0 Å². The number of carbonyl (C=O) groups excluding carboxylic acids is 1. The lowest BCUT2D eigenvalue weighted by atomic mass is 10.4. The number of nitrogens with zero attached hydrogens (tertiary/aromatic N) is 2. The maximum absolute atomic E-state index is 10.8. The topological polar surface area (TPSA) is 42.4 Å². The minimum Gasteiger partial charge on any atom is -0.378 e. The van der Waals surface area contributed by atoms with Crippen molar-refractivity contribution in [3.05, 3.63) is 17.2 Å². The Labute approximate surface area is 115 Å². The highest BCUT2D eigenvalue weighted by Gasteiger charge is 2.13. The lowest BCUT2D eigenvalue weighted by molar-refractivity contribution is -0.109. The van der Waals surface area contributed by atoms with Crippen molar-refractivity contribution in [2.75, 3.05) is 37.0 Å². The predicted molar refractivity (Wildman–Crippen MR) is 77.3 cm³/mol. The van der Waals surface area contributed by atoms with Crippen molar-refractivity contribution in [2.45, 2.75) is 6.92 Å². The summed E-state index contributed by atoms with van der Waals surface area (Å²) in [5, 5.41) is 3.24. The molecule has 1 saturated heterocycles. The summed E-state index contributed by atoms with van der Waals surface area (Å²) in [6.07, 6.45) is 3.95. The second-order valence-electron chi connectivity index (χ2n) is 3.86. The van der Waals surface area contributed by atoms with Gasteiger partial charge in [0.15, 0.2) is 10.2 Å². The molecule has 1 aliphatic rings. The maximum Gasteiger partial charge on any atom is 0.186 e. The number of thiazole rings is 1. The second kappa shape index (κ2) is 6.92. The number of thioether (sulfide) groups is 1. The lowest BCUT2D eigenvalue weighted by Crippen LogP contribution is -2.36. The van der Waals surface area contributed by atoms with E-state index in [4.69, 9.17) is 4.74 Å². The largest absolute Gasteiger partial charge is 0.378 e. The monoisotopic (exact) mass is 284 g/mol. The minimum absolute atomic E-state index is 0.145. The number of carbonyl (C=O) groups is 1. The SMILES string of the molecule is CC(=O)SCC=Cc1csc(N2CCOCC2)n1. The number of ether oxygens (including phenoxy) is 1. The standard InChI is InChI=1S/C12H16N2O2S2/c1-10(15)17-8-2-3-11-9-18-12(13-11)14-4-6-16-7-5-14/h2-3,9H,4-8H2,1H3. The number of hydrogen-bond acceptors (Lipinski definition) is 6. The molecule has 2 rings (SSSR count). The Bertz CT molecular complexity index is 425. The van der Waals surface area contributed by atoms with Crippen molar-refractivity contribution in [3.63, 3.8) is 0 Å². The van der Waals surface area contributed by atoms with Crippen molar-refractivity contribution in [3.8, 4) is 0 Å². The average molecular weight is 284 g/mol. The minimum atomic E-state index is 0.145. The average Bonchev–Trinajstić information content (AvgIpc) is 2.84. The van der Waals surface area contributed by atoms with E-state index in [1.54, 1.807) is 18.3 Å². The third kappa shape index (κ3) is 4.12. The van der Waals surface area contributed by atoms with Crippen LogP contribution in [0.15, 0.2) is 11.5 Å². The summed E-state index contributed by atoms with van der Waals surface area (Å²) < 4.78 is 5.32. The molecule has 0 unspecified atom stereocenters. The number of anilines is 1. The summed E-state index contributed by atoms with van der Waals surface area (Å²) in [4.78, 5) is 17.6. The van der Waals surface area contributed by atoms with Crippen molar-refractivity contribution >= 4 is 39.4 Å². The van der Waals surface area contributed by atoms with Gasteiger partial charge in [-0.05, 0) is 6.08 Å². The van der Waals surface area contributed by atoms with Crippen molar-refractivity contribution in [1.29, 1.82) is 0 Å². The van der Waals surface area contributed by atoms with E-state index in [2.05, 4.69) is 9.88 Å². The highest BCUT2D eigenvalue weighted by atomic mass is 32.2. The Morgan fingerprint density at radius 3 is 3.11 bits per heavy atom. The van der Waals surface area contributed by atoms with Crippen LogP contribution in [0.25, 0.3) is 6.08 Å². The van der Waals surface area contributed by atoms with Gasteiger partial charge in [0.2, 0.25) is 0 Å². The number of aromatic nitrogens is 1. The fraction of sp³-hybridized carbons (Fsp3) is 0.500. The molecule has 6 heteroatoms. The Morgan fingerprint density at radius 2 is 2.39 bits per heavy atom. The van der Waals surface area contributed by atoms with Gasteiger partial charge in [0.1, 0.15) is 0 Å². The number of rotatable bonds is 4. The molecular formula is C12H16N2O2S2. The van der Waals surface area contributed by atoms with Gasteiger partial charge in [-0.1, -0.05) is 17.8 Å². The van der Waals surface area contributed by atoms with Crippen LogP contribution in [0.4, 0.5) is 5.13 Å². The van der Waals surface area contributed by atoms with Gasteiger partial charge in [0.25, 0.3) is 0 Å².